The van der Waals surface area contributed by atoms with E-state index in [9.17, 15) is 0 Å². The Morgan fingerprint density at radius 2 is 1.68 bits per heavy atom. The zero-order valence-electron chi connectivity index (χ0n) is 16.0. The maximum absolute atomic E-state index is 2.71. The largest absolute Gasteiger partial charge is 0.0654 e. The molecule has 0 aromatic rings. The van der Waals surface area contributed by atoms with E-state index in [4.69, 9.17) is 0 Å². The highest BCUT2D eigenvalue weighted by Crippen LogP contribution is 2.64. The van der Waals surface area contributed by atoms with Gasteiger partial charge in [0.15, 0.2) is 0 Å². The Balaban J connectivity index is 1.84. The third kappa shape index (κ3) is 2.67. The first-order chi connectivity index (χ1) is 10.4. The van der Waals surface area contributed by atoms with E-state index in [0.29, 0.717) is 10.8 Å². The fraction of sp³-hybridized carbons (Fsp3) is 1.00. The van der Waals surface area contributed by atoms with Crippen molar-refractivity contribution in [3.63, 3.8) is 0 Å². The minimum atomic E-state index is 0.617. The number of hydrogen-bond donors (Lipinski definition) is 0. The molecule has 0 unspecified atom stereocenters. The first kappa shape index (κ1) is 16.8. The van der Waals surface area contributed by atoms with Gasteiger partial charge in [-0.2, -0.15) is 0 Å². The summed E-state index contributed by atoms with van der Waals surface area (Å²) in [4.78, 5) is 0. The molecule has 0 saturated heterocycles. The number of rotatable bonds is 3. The molecule has 0 bridgehead atoms. The van der Waals surface area contributed by atoms with Crippen molar-refractivity contribution in [2.45, 2.75) is 98.8 Å². The topological polar surface area (TPSA) is 0 Å². The molecule has 0 heteroatoms. The molecule has 3 aliphatic rings. The van der Waals surface area contributed by atoms with Crippen molar-refractivity contribution in [1.29, 1.82) is 0 Å². The van der Waals surface area contributed by atoms with Gasteiger partial charge in [0, 0.05) is 0 Å². The van der Waals surface area contributed by atoms with Gasteiger partial charge in [-0.25, -0.2) is 0 Å². The molecule has 0 spiro atoms. The minimum Gasteiger partial charge on any atom is -0.0654 e. The highest BCUT2D eigenvalue weighted by Gasteiger charge is 2.55. The van der Waals surface area contributed by atoms with Crippen LogP contribution in [0.1, 0.15) is 98.8 Å². The second kappa shape index (κ2) is 6.14. The minimum absolute atomic E-state index is 0.617. The van der Waals surface area contributed by atoms with Gasteiger partial charge in [-0.15, -0.1) is 0 Å². The van der Waals surface area contributed by atoms with Crippen molar-refractivity contribution < 1.29 is 0 Å². The standard InChI is InChI=1S/C22H40/c1-6-7-10-18-16(2)11-12-20-17-9-8-14-21(3,4)19(17)13-15-22(18,20)5/h16-20H,6-15H2,1-5H3/t16-,17-,18+,19+,20+,22-/m0/s1. The molecule has 0 aromatic heterocycles. The molecule has 22 heavy (non-hydrogen) atoms. The van der Waals surface area contributed by atoms with E-state index in [1.54, 1.807) is 6.42 Å². The lowest BCUT2D eigenvalue weighted by Gasteiger charge is -2.62. The summed E-state index contributed by atoms with van der Waals surface area (Å²) in [5.41, 5.74) is 1.29. The van der Waals surface area contributed by atoms with Gasteiger partial charge in [-0.1, -0.05) is 60.3 Å². The van der Waals surface area contributed by atoms with Crippen LogP contribution in [0.2, 0.25) is 0 Å². The summed E-state index contributed by atoms with van der Waals surface area (Å²) in [6.07, 6.45) is 15.0. The predicted octanol–water partition coefficient (Wildman–Crippen LogP) is 7.08. The van der Waals surface area contributed by atoms with Gasteiger partial charge in [0.1, 0.15) is 0 Å². The summed E-state index contributed by atoms with van der Waals surface area (Å²) in [6, 6.07) is 0. The Kier molecular flexibility index (Phi) is 4.70. The van der Waals surface area contributed by atoms with Crippen molar-refractivity contribution in [2.24, 2.45) is 40.4 Å². The van der Waals surface area contributed by atoms with Crippen molar-refractivity contribution in [1.82, 2.24) is 0 Å². The van der Waals surface area contributed by atoms with Crippen LogP contribution >= 0.6 is 0 Å². The first-order valence-electron chi connectivity index (χ1n) is 10.4. The SMILES string of the molecule is CCCC[C@@H]1[C@@H](C)CC[C@@H]2[C@H]3CCCC(C)(C)[C@@H]3CC[C@]21C. The van der Waals surface area contributed by atoms with Gasteiger partial charge in [-0.3, -0.25) is 0 Å². The third-order valence-corrected chi connectivity index (χ3v) is 8.57. The quantitative estimate of drug-likeness (QED) is 0.522. The Hall–Kier alpha value is 0. The van der Waals surface area contributed by atoms with E-state index >= 15 is 0 Å². The molecular formula is C22H40. The van der Waals surface area contributed by atoms with E-state index < -0.39 is 0 Å². The van der Waals surface area contributed by atoms with Gasteiger partial charge < -0.3 is 0 Å². The summed E-state index contributed by atoms with van der Waals surface area (Å²) in [7, 11) is 0. The van der Waals surface area contributed by atoms with Gasteiger partial charge in [0.25, 0.3) is 0 Å². The zero-order valence-corrected chi connectivity index (χ0v) is 16.0. The van der Waals surface area contributed by atoms with E-state index in [1.807, 2.05) is 0 Å². The van der Waals surface area contributed by atoms with Crippen LogP contribution in [0.4, 0.5) is 0 Å². The lowest BCUT2D eigenvalue weighted by Crippen LogP contribution is -2.54. The normalized spacial score (nSPS) is 47.6. The van der Waals surface area contributed by atoms with Crippen LogP contribution in [-0.2, 0) is 0 Å². The summed E-state index contributed by atoms with van der Waals surface area (Å²) in [5, 5.41) is 0. The second-order valence-electron chi connectivity index (χ2n) is 10.1. The molecule has 0 aliphatic heterocycles. The maximum Gasteiger partial charge on any atom is -0.0264 e. The van der Waals surface area contributed by atoms with Crippen LogP contribution in [0.25, 0.3) is 0 Å². The van der Waals surface area contributed by atoms with Gasteiger partial charge >= 0.3 is 0 Å². The number of hydrogen-bond acceptors (Lipinski definition) is 0. The van der Waals surface area contributed by atoms with Gasteiger partial charge in [0.2, 0.25) is 0 Å². The summed E-state index contributed by atoms with van der Waals surface area (Å²) in [6.45, 7) is 12.8. The lowest BCUT2D eigenvalue weighted by molar-refractivity contribution is -0.124. The lowest BCUT2D eigenvalue weighted by atomic mass is 9.43. The van der Waals surface area contributed by atoms with E-state index in [0.717, 1.165) is 29.6 Å². The monoisotopic (exact) mass is 304 g/mol. The average molecular weight is 305 g/mol. The maximum atomic E-state index is 2.71. The molecule has 0 aromatic carbocycles. The molecule has 0 amide bonds. The third-order valence-electron chi connectivity index (χ3n) is 8.57. The van der Waals surface area contributed by atoms with Crippen molar-refractivity contribution in [3.05, 3.63) is 0 Å². The van der Waals surface area contributed by atoms with E-state index in [2.05, 4.69) is 34.6 Å². The molecule has 0 radical (unpaired) electrons. The molecule has 0 N–H and O–H groups in total. The Morgan fingerprint density at radius 1 is 0.909 bits per heavy atom. The molecule has 3 aliphatic carbocycles. The second-order valence-corrected chi connectivity index (χ2v) is 10.1. The fourth-order valence-corrected chi connectivity index (χ4v) is 7.32. The summed E-state index contributed by atoms with van der Waals surface area (Å²) in [5.74, 6) is 5.11. The summed E-state index contributed by atoms with van der Waals surface area (Å²) < 4.78 is 0. The molecule has 0 heterocycles. The molecule has 3 rings (SSSR count). The molecule has 0 nitrogen and oxygen atoms in total. The smallest absolute Gasteiger partial charge is 0.0264 e. The van der Waals surface area contributed by atoms with Crippen LogP contribution in [-0.4, -0.2) is 0 Å². The predicted molar refractivity (Wildman–Crippen MR) is 96.9 cm³/mol. The van der Waals surface area contributed by atoms with Crippen LogP contribution in [0.3, 0.4) is 0 Å². The first-order valence-corrected chi connectivity index (χ1v) is 10.4. The van der Waals surface area contributed by atoms with Gasteiger partial charge in [-0.05, 0) is 78.9 Å². The summed E-state index contributed by atoms with van der Waals surface area (Å²) >= 11 is 0. The number of unbranched alkanes of at least 4 members (excludes halogenated alkanes) is 1. The molecule has 3 saturated carbocycles. The van der Waals surface area contributed by atoms with Crippen molar-refractivity contribution in [3.8, 4) is 0 Å². The fourth-order valence-electron chi connectivity index (χ4n) is 7.32. The molecule has 128 valence electrons. The highest BCUT2D eigenvalue weighted by molar-refractivity contribution is 5.05. The number of fused-ring (bicyclic) bond motifs is 3. The van der Waals surface area contributed by atoms with Crippen molar-refractivity contribution >= 4 is 0 Å². The zero-order chi connectivity index (χ0) is 16.0. The van der Waals surface area contributed by atoms with Crippen molar-refractivity contribution in [2.75, 3.05) is 0 Å². The molecule has 3 fully saturated rings. The molecular weight excluding hydrogens is 264 g/mol. The van der Waals surface area contributed by atoms with Gasteiger partial charge in [0.05, 0.1) is 0 Å². The van der Waals surface area contributed by atoms with Crippen LogP contribution in [0.15, 0.2) is 0 Å². The molecule has 6 atom stereocenters. The Morgan fingerprint density at radius 3 is 2.41 bits per heavy atom. The van der Waals surface area contributed by atoms with Crippen LogP contribution < -0.4 is 0 Å². The van der Waals surface area contributed by atoms with Crippen LogP contribution in [0.5, 0.6) is 0 Å². The average Bonchev–Trinajstić information content (AvgIpc) is 2.45. The highest BCUT2D eigenvalue weighted by atomic mass is 14.6. The van der Waals surface area contributed by atoms with E-state index in [1.165, 1.54) is 57.8 Å². The Bertz CT molecular complexity index is 381. The van der Waals surface area contributed by atoms with Crippen LogP contribution in [0, 0.1) is 40.4 Å². The Labute approximate surface area is 139 Å². The van der Waals surface area contributed by atoms with E-state index in [-0.39, 0.29) is 0 Å².